The average Bonchev–Trinajstić information content (AvgIpc) is 2.66. The van der Waals surface area contributed by atoms with Gasteiger partial charge in [0.25, 0.3) is 0 Å². The van der Waals surface area contributed by atoms with Gasteiger partial charge >= 0.3 is 6.09 Å². The Morgan fingerprint density at radius 1 is 0.889 bits per heavy atom. The Labute approximate surface area is 163 Å². The Balaban J connectivity index is 2.06. The number of ketones is 1. The van der Waals surface area contributed by atoms with E-state index in [0.717, 1.165) is 0 Å². The fraction of sp³-hybridized carbons (Fsp3) is 0.111. The summed E-state index contributed by atoms with van der Waals surface area (Å²) in [5, 5.41) is 15.2. The predicted molar refractivity (Wildman–Crippen MR) is 102 cm³/mol. The Hall–Kier alpha value is -3.20. The van der Waals surface area contributed by atoms with Gasteiger partial charge in [-0.3, -0.25) is 14.4 Å². The van der Waals surface area contributed by atoms with Crippen molar-refractivity contribution in [1.29, 1.82) is 0 Å². The van der Waals surface area contributed by atoms with E-state index in [4.69, 9.17) is 5.11 Å². The molecule has 27 heavy (non-hydrogen) atoms. The SMILES string of the molecule is O=C(O)NCC(=O)NCC(=O)Nc1ccc(Br)cc1C(=O)c1ccccc1. The van der Waals surface area contributed by atoms with Crippen molar-refractivity contribution in [3.8, 4) is 0 Å². The van der Waals surface area contributed by atoms with Crippen LogP contribution in [0.15, 0.2) is 53.0 Å². The second-order valence-corrected chi connectivity index (χ2v) is 6.28. The van der Waals surface area contributed by atoms with Crippen LogP contribution >= 0.6 is 15.9 Å². The molecule has 0 aromatic heterocycles. The lowest BCUT2D eigenvalue weighted by Gasteiger charge is -2.12. The van der Waals surface area contributed by atoms with Gasteiger partial charge in [0.1, 0.15) is 0 Å². The van der Waals surface area contributed by atoms with Crippen LogP contribution in [0.1, 0.15) is 15.9 Å². The Kier molecular flexibility index (Phi) is 7.07. The van der Waals surface area contributed by atoms with Gasteiger partial charge in [-0.05, 0) is 18.2 Å². The van der Waals surface area contributed by atoms with Gasteiger partial charge in [-0.25, -0.2) is 4.79 Å². The molecule has 0 fully saturated rings. The number of carbonyl (C=O) groups excluding carboxylic acids is 3. The lowest BCUT2D eigenvalue weighted by molar-refractivity contribution is -0.123. The summed E-state index contributed by atoms with van der Waals surface area (Å²) in [7, 11) is 0. The van der Waals surface area contributed by atoms with Crippen LogP contribution in [0.3, 0.4) is 0 Å². The number of anilines is 1. The zero-order valence-corrected chi connectivity index (χ0v) is 15.6. The minimum atomic E-state index is -1.34. The second kappa shape index (κ2) is 9.48. The number of carbonyl (C=O) groups is 4. The number of nitrogens with one attached hydrogen (secondary N) is 3. The highest BCUT2D eigenvalue weighted by Crippen LogP contribution is 2.24. The quantitative estimate of drug-likeness (QED) is 0.497. The van der Waals surface area contributed by atoms with Crippen LogP contribution in [0, 0.1) is 0 Å². The van der Waals surface area contributed by atoms with Crippen molar-refractivity contribution in [1.82, 2.24) is 10.6 Å². The van der Waals surface area contributed by atoms with Crippen LogP contribution in [0.4, 0.5) is 10.5 Å². The van der Waals surface area contributed by atoms with Gasteiger partial charge in [-0.15, -0.1) is 0 Å². The fourth-order valence-corrected chi connectivity index (χ4v) is 2.51. The predicted octanol–water partition coefficient (Wildman–Crippen LogP) is 2.00. The molecule has 0 atom stereocenters. The first kappa shape index (κ1) is 20.1. The van der Waals surface area contributed by atoms with Crippen molar-refractivity contribution in [2.24, 2.45) is 0 Å². The van der Waals surface area contributed by atoms with Gasteiger partial charge < -0.3 is 21.1 Å². The van der Waals surface area contributed by atoms with Gasteiger partial charge in [0.2, 0.25) is 11.8 Å². The summed E-state index contributed by atoms with van der Waals surface area (Å²) in [5.74, 6) is -1.46. The Morgan fingerprint density at radius 2 is 1.56 bits per heavy atom. The summed E-state index contributed by atoms with van der Waals surface area (Å²) in [4.78, 5) is 46.5. The summed E-state index contributed by atoms with van der Waals surface area (Å²) < 4.78 is 0.674. The van der Waals surface area contributed by atoms with E-state index in [2.05, 4.69) is 26.6 Å². The lowest BCUT2D eigenvalue weighted by Crippen LogP contribution is -2.39. The van der Waals surface area contributed by atoms with E-state index in [0.29, 0.717) is 21.3 Å². The minimum Gasteiger partial charge on any atom is -0.465 e. The number of amides is 3. The van der Waals surface area contributed by atoms with Crippen LogP contribution in [0.25, 0.3) is 0 Å². The standard InChI is InChI=1S/C18H16BrN3O5/c19-12-6-7-14(13(8-12)17(25)11-4-2-1-3-5-11)22-16(24)10-20-15(23)9-21-18(26)27/h1-8,21H,9-10H2,(H,20,23)(H,22,24)(H,26,27). The molecule has 0 unspecified atom stereocenters. The molecule has 0 spiro atoms. The molecule has 0 bridgehead atoms. The van der Waals surface area contributed by atoms with Crippen LogP contribution in [-0.2, 0) is 9.59 Å². The highest BCUT2D eigenvalue weighted by Gasteiger charge is 2.16. The zero-order chi connectivity index (χ0) is 19.8. The van der Waals surface area contributed by atoms with E-state index in [1.807, 2.05) is 5.32 Å². The van der Waals surface area contributed by atoms with Gasteiger partial charge in [0.15, 0.2) is 5.78 Å². The minimum absolute atomic E-state index is 0.262. The molecule has 2 aromatic rings. The highest BCUT2D eigenvalue weighted by atomic mass is 79.9. The summed E-state index contributed by atoms with van der Waals surface area (Å²) in [6.45, 7) is -0.826. The van der Waals surface area contributed by atoms with E-state index in [1.54, 1.807) is 48.5 Å². The maximum atomic E-state index is 12.7. The molecule has 0 radical (unpaired) electrons. The van der Waals surface area contributed by atoms with Crippen LogP contribution in [0.2, 0.25) is 0 Å². The van der Waals surface area contributed by atoms with Crippen LogP contribution < -0.4 is 16.0 Å². The number of hydrogen-bond donors (Lipinski definition) is 4. The van der Waals surface area contributed by atoms with Crippen molar-refractivity contribution >= 4 is 45.3 Å². The molecular weight excluding hydrogens is 418 g/mol. The molecule has 4 N–H and O–H groups in total. The molecular formula is C18H16BrN3O5. The van der Waals surface area contributed by atoms with Gasteiger partial charge in [0.05, 0.1) is 18.8 Å². The van der Waals surface area contributed by atoms with Crippen LogP contribution in [-0.4, -0.2) is 41.9 Å². The van der Waals surface area contributed by atoms with Crippen molar-refractivity contribution in [3.63, 3.8) is 0 Å². The summed E-state index contributed by atoms with van der Waals surface area (Å²) >= 11 is 3.31. The third-order valence-electron chi connectivity index (χ3n) is 3.38. The van der Waals surface area contributed by atoms with Crippen molar-refractivity contribution in [3.05, 3.63) is 64.1 Å². The lowest BCUT2D eigenvalue weighted by atomic mass is 10.0. The topological polar surface area (TPSA) is 125 Å². The molecule has 8 nitrogen and oxygen atoms in total. The van der Waals surface area contributed by atoms with Crippen molar-refractivity contribution in [2.45, 2.75) is 0 Å². The Bertz CT molecular complexity index is 871. The number of benzene rings is 2. The number of carboxylic acid groups (broad SMARTS) is 1. The fourth-order valence-electron chi connectivity index (χ4n) is 2.15. The third kappa shape index (κ3) is 6.23. The highest BCUT2D eigenvalue weighted by molar-refractivity contribution is 9.10. The van der Waals surface area contributed by atoms with E-state index in [9.17, 15) is 19.2 Å². The molecule has 0 saturated heterocycles. The van der Waals surface area contributed by atoms with Gasteiger partial charge in [0, 0.05) is 15.6 Å². The molecule has 2 rings (SSSR count). The number of hydrogen-bond acceptors (Lipinski definition) is 4. The molecule has 2 aromatic carbocycles. The molecule has 3 amide bonds. The second-order valence-electron chi connectivity index (χ2n) is 5.37. The summed E-state index contributed by atoms with van der Waals surface area (Å²) in [6, 6.07) is 13.5. The van der Waals surface area contributed by atoms with Crippen molar-refractivity contribution < 1.29 is 24.3 Å². The smallest absolute Gasteiger partial charge is 0.405 e. The summed E-state index contributed by atoms with van der Waals surface area (Å²) in [5.41, 5.74) is 1.07. The zero-order valence-electron chi connectivity index (χ0n) is 14.0. The van der Waals surface area contributed by atoms with Crippen LogP contribution in [0.5, 0.6) is 0 Å². The van der Waals surface area contributed by atoms with E-state index < -0.39 is 24.5 Å². The average molecular weight is 434 g/mol. The molecule has 0 aliphatic carbocycles. The summed E-state index contributed by atoms with van der Waals surface area (Å²) in [6.07, 6.45) is -1.34. The molecule has 0 saturated carbocycles. The number of rotatable bonds is 7. The first-order chi connectivity index (χ1) is 12.9. The van der Waals surface area contributed by atoms with E-state index in [1.165, 1.54) is 0 Å². The molecule has 0 aliphatic heterocycles. The Morgan fingerprint density at radius 3 is 2.22 bits per heavy atom. The monoisotopic (exact) mass is 433 g/mol. The van der Waals surface area contributed by atoms with Gasteiger partial charge in [-0.1, -0.05) is 46.3 Å². The molecule has 9 heteroatoms. The molecule has 0 heterocycles. The number of halogens is 1. The maximum Gasteiger partial charge on any atom is 0.405 e. The van der Waals surface area contributed by atoms with E-state index >= 15 is 0 Å². The molecule has 0 aliphatic rings. The largest absolute Gasteiger partial charge is 0.465 e. The molecule has 140 valence electrons. The first-order valence-corrected chi connectivity index (χ1v) is 8.59. The first-order valence-electron chi connectivity index (χ1n) is 7.79. The van der Waals surface area contributed by atoms with Gasteiger partial charge in [-0.2, -0.15) is 0 Å². The third-order valence-corrected chi connectivity index (χ3v) is 3.88. The maximum absolute atomic E-state index is 12.7. The van der Waals surface area contributed by atoms with E-state index in [-0.39, 0.29) is 12.3 Å². The normalized spacial score (nSPS) is 9.96. The van der Waals surface area contributed by atoms with Crippen molar-refractivity contribution in [2.75, 3.05) is 18.4 Å².